The smallest absolute Gasteiger partial charge is 0.243 e. The second-order valence-electron chi connectivity index (χ2n) is 10.7. The van der Waals surface area contributed by atoms with Crippen molar-refractivity contribution in [3.63, 3.8) is 0 Å². The van der Waals surface area contributed by atoms with Crippen LogP contribution in [0.15, 0.2) is 18.2 Å². The van der Waals surface area contributed by atoms with Crippen molar-refractivity contribution in [2.45, 2.75) is 68.7 Å². The number of fused-ring (bicyclic) bond motifs is 1. The maximum Gasteiger partial charge on any atom is 0.243 e. The molecule has 1 aromatic rings. The van der Waals surface area contributed by atoms with Crippen LogP contribution >= 0.6 is 0 Å². The Kier molecular flexibility index (Phi) is 7.01. The highest BCUT2D eigenvalue weighted by molar-refractivity contribution is 5.92. The molecule has 0 aromatic heterocycles. The first-order valence-electron chi connectivity index (χ1n) is 12.8. The van der Waals surface area contributed by atoms with E-state index < -0.39 is 5.54 Å². The van der Waals surface area contributed by atoms with Crippen molar-refractivity contribution in [2.24, 2.45) is 0 Å². The van der Waals surface area contributed by atoms with Crippen molar-refractivity contribution in [1.29, 1.82) is 0 Å². The van der Waals surface area contributed by atoms with Crippen LogP contribution in [0.1, 0.15) is 44.1 Å². The Hall–Kier alpha value is -2.23. The minimum absolute atomic E-state index is 0.00421. The SMILES string of the molecule is COc1cc(CN2CCC3(CC2)CC(=O)N2C[C@@H](N(C)C4CCOCC4)C[C@H]2C(=O)N3)ccc1F. The number of likely N-dealkylation sites (N-methyl/N-ethyl adjacent to an activating group) is 1. The molecule has 4 aliphatic rings. The van der Waals surface area contributed by atoms with Gasteiger partial charge in [-0.05, 0) is 56.8 Å². The molecule has 0 aliphatic carbocycles. The molecule has 35 heavy (non-hydrogen) atoms. The topological polar surface area (TPSA) is 74.3 Å². The zero-order valence-electron chi connectivity index (χ0n) is 20.8. The molecule has 0 saturated carbocycles. The molecule has 4 heterocycles. The Labute approximate surface area is 206 Å². The van der Waals surface area contributed by atoms with E-state index >= 15 is 0 Å². The number of likely N-dealkylation sites (tertiary alicyclic amines) is 1. The van der Waals surface area contributed by atoms with Crippen LogP contribution in [0.4, 0.5) is 4.39 Å². The number of nitrogens with one attached hydrogen (secondary N) is 1. The summed E-state index contributed by atoms with van der Waals surface area (Å²) in [5, 5.41) is 3.31. The fourth-order valence-electron chi connectivity index (χ4n) is 6.31. The van der Waals surface area contributed by atoms with Gasteiger partial charge in [-0.2, -0.15) is 0 Å². The third-order valence-corrected chi connectivity index (χ3v) is 8.56. The normalized spacial score (nSPS) is 27.7. The predicted octanol–water partition coefficient (Wildman–Crippen LogP) is 1.77. The molecule has 0 radical (unpaired) electrons. The van der Waals surface area contributed by atoms with E-state index in [9.17, 15) is 14.0 Å². The van der Waals surface area contributed by atoms with Crippen molar-refractivity contribution >= 4 is 11.8 Å². The lowest BCUT2D eigenvalue weighted by Crippen LogP contribution is -2.56. The molecule has 1 N–H and O–H groups in total. The predicted molar refractivity (Wildman–Crippen MR) is 128 cm³/mol. The van der Waals surface area contributed by atoms with E-state index in [0.717, 1.165) is 57.6 Å². The number of benzene rings is 1. The number of carbonyl (C=O) groups is 2. The van der Waals surface area contributed by atoms with E-state index in [1.54, 1.807) is 12.1 Å². The first kappa shape index (κ1) is 24.5. The second-order valence-corrected chi connectivity index (χ2v) is 10.7. The third-order valence-electron chi connectivity index (χ3n) is 8.56. The number of nitrogens with zero attached hydrogens (tertiary/aromatic N) is 3. The lowest BCUT2D eigenvalue weighted by molar-refractivity contribution is -0.135. The molecule has 4 aliphatic heterocycles. The molecule has 1 aromatic carbocycles. The highest BCUT2D eigenvalue weighted by Crippen LogP contribution is 2.34. The van der Waals surface area contributed by atoms with Gasteiger partial charge in [0.2, 0.25) is 11.8 Å². The van der Waals surface area contributed by atoms with Gasteiger partial charge in [-0.3, -0.25) is 19.4 Å². The third kappa shape index (κ3) is 5.04. The standard InChI is InChI=1S/C26H37FN4O4/c1-29(19-5-11-35-12-6-19)20-14-22-25(33)28-26(15-24(32)31(22)17-20)7-9-30(10-8-26)16-18-3-4-21(27)23(13-18)34-2/h3-4,13,19-20,22H,5-12,14-17H2,1-2H3,(H,28,33)/t20-,22-/m0/s1. The number of rotatable bonds is 5. The number of ether oxygens (including phenoxy) is 2. The van der Waals surface area contributed by atoms with E-state index in [1.165, 1.54) is 13.2 Å². The zero-order valence-corrected chi connectivity index (χ0v) is 20.8. The van der Waals surface area contributed by atoms with Crippen LogP contribution in [0.25, 0.3) is 0 Å². The molecule has 1 spiro atoms. The number of halogens is 1. The van der Waals surface area contributed by atoms with Gasteiger partial charge in [0.25, 0.3) is 0 Å². The molecule has 4 fully saturated rings. The molecular formula is C26H37FN4O4. The molecule has 4 saturated heterocycles. The number of piperidine rings is 1. The van der Waals surface area contributed by atoms with Gasteiger partial charge in [0.05, 0.1) is 19.1 Å². The number of hydrogen-bond acceptors (Lipinski definition) is 6. The molecule has 8 nitrogen and oxygen atoms in total. The molecular weight excluding hydrogens is 451 g/mol. The lowest BCUT2D eigenvalue weighted by atomic mass is 9.84. The molecule has 0 bridgehead atoms. The minimum atomic E-state index is -0.475. The van der Waals surface area contributed by atoms with Crippen LogP contribution in [0.5, 0.6) is 5.75 Å². The first-order valence-corrected chi connectivity index (χ1v) is 12.8. The maximum atomic E-state index is 13.7. The van der Waals surface area contributed by atoms with Gasteiger partial charge in [-0.1, -0.05) is 6.07 Å². The van der Waals surface area contributed by atoms with E-state index in [2.05, 4.69) is 22.2 Å². The Bertz CT molecular complexity index is 917. The Morgan fingerprint density at radius 1 is 1.20 bits per heavy atom. The number of hydrogen-bond donors (Lipinski definition) is 1. The van der Waals surface area contributed by atoms with E-state index in [-0.39, 0.29) is 35.5 Å². The van der Waals surface area contributed by atoms with Crippen LogP contribution in [0.3, 0.4) is 0 Å². The van der Waals surface area contributed by atoms with E-state index in [4.69, 9.17) is 9.47 Å². The van der Waals surface area contributed by atoms with E-state index in [1.807, 2.05) is 4.90 Å². The summed E-state index contributed by atoms with van der Waals surface area (Å²) >= 11 is 0. The molecule has 2 atom stereocenters. The highest BCUT2D eigenvalue weighted by Gasteiger charge is 2.49. The zero-order chi connectivity index (χ0) is 24.6. The van der Waals surface area contributed by atoms with Crippen molar-refractivity contribution in [3.05, 3.63) is 29.6 Å². The summed E-state index contributed by atoms with van der Waals surface area (Å²) in [6.45, 7) is 4.41. The largest absolute Gasteiger partial charge is 0.494 e. The van der Waals surface area contributed by atoms with Crippen molar-refractivity contribution in [3.8, 4) is 5.75 Å². The number of methoxy groups -OCH3 is 1. The molecule has 0 unspecified atom stereocenters. The molecule has 9 heteroatoms. The summed E-state index contributed by atoms with van der Waals surface area (Å²) in [7, 11) is 3.60. The molecule has 2 amide bonds. The summed E-state index contributed by atoms with van der Waals surface area (Å²) in [5.74, 6) is -0.0300. The fourth-order valence-corrected chi connectivity index (χ4v) is 6.31. The molecule has 5 rings (SSSR count). The Morgan fingerprint density at radius 3 is 2.66 bits per heavy atom. The highest BCUT2D eigenvalue weighted by atomic mass is 19.1. The first-order chi connectivity index (χ1) is 16.9. The van der Waals surface area contributed by atoms with Crippen molar-refractivity contribution < 1.29 is 23.5 Å². The van der Waals surface area contributed by atoms with Gasteiger partial charge in [-0.15, -0.1) is 0 Å². The average molecular weight is 489 g/mol. The summed E-state index contributed by atoms with van der Waals surface area (Å²) in [6, 6.07) is 5.23. The van der Waals surface area contributed by atoms with Gasteiger partial charge in [0.15, 0.2) is 11.6 Å². The van der Waals surface area contributed by atoms with Crippen molar-refractivity contribution in [2.75, 3.05) is 47.0 Å². The van der Waals surface area contributed by atoms with Gasteiger partial charge >= 0.3 is 0 Å². The van der Waals surface area contributed by atoms with Crippen LogP contribution in [0, 0.1) is 5.82 Å². The van der Waals surface area contributed by atoms with Crippen LogP contribution in [-0.2, 0) is 20.9 Å². The fraction of sp³-hybridized carbons (Fsp3) is 0.692. The number of carbonyl (C=O) groups excluding carboxylic acids is 2. The Balaban J connectivity index is 1.19. The molecule has 192 valence electrons. The van der Waals surface area contributed by atoms with Gasteiger partial charge in [0.1, 0.15) is 6.04 Å². The Morgan fingerprint density at radius 2 is 1.94 bits per heavy atom. The van der Waals surface area contributed by atoms with Crippen LogP contribution in [-0.4, -0.2) is 97.2 Å². The van der Waals surface area contributed by atoms with Crippen LogP contribution in [0.2, 0.25) is 0 Å². The maximum absolute atomic E-state index is 13.7. The number of amides is 2. The van der Waals surface area contributed by atoms with Crippen LogP contribution < -0.4 is 10.1 Å². The average Bonchev–Trinajstić information content (AvgIpc) is 3.29. The quantitative estimate of drug-likeness (QED) is 0.681. The van der Waals surface area contributed by atoms with Crippen molar-refractivity contribution in [1.82, 2.24) is 20.0 Å². The monoisotopic (exact) mass is 488 g/mol. The van der Waals surface area contributed by atoms with Gasteiger partial charge in [-0.25, -0.2) is 4.39 Å². The summed E-state index contributed by atoms with van der Waals surface area (Å²) in [4.78, 5) is 33.2. The van der Waals surface area contributed by atoms with E-state index in [0.29, 0.717) is 32.0 Å². The van der Waals surface area contributed by atoms with Gasteiger partial charge < -0.3 is 19.7 Å². The summed E-state index contributed by atoms with van der Waals surface area (Å²) in [5.41, 5.74) is 0.512. The van der Waals surface area contributed by atoms with Gasteiger partial charge in [0, 0.05) is 51.5 Å². The lowest BCUT2D eigenvalue weighted by Gasteiger charge is -2.41. The summed E-state index contributed by atoms with van der Waals surface area (Å²) < 4.78 is 24.3. The summed E-state index contributed by atoms with van der Waals surface area (Å²) in [6.07, 6.45) is 4.52. The minimum Gasteiger partial charge on any atom is -0.494 e. The second kappa shape index (κ2) is 10.0.